The molecular formula is C11H18N2O3S. The largest absolute Gasteiger partial charge is 0.492 e. The minimum absolute atomic E-state index is 0.324. The summed E-state index contributed by atoms with van der Waals surface area (Å²) in [4.78, 5) is 0. The number of benzene rings is 1. The van der Waals surface area contributed by atoms with E-state index in [2.05, 4.69) is 0 Å². The number of likely N-dealkylation sites (N-methyl/N-ethyl adjacent to an activating group) is 1. The summed E-state index contributed by atoms with van der Waals surface area (Å²) >= 11 is 0. The van der Waals surface area contributed by atoms with Crippen LogP contribution in [0.25, 0.3) is 0 Å². The van der Waals surface area contributed by atoms with Gasteiger partial charge in [-0.2, -0.15) is 4.31 Å². The van der Waals surface area contributed by atoms with Gasteiger partial charge in [-0.3, -0.25) is 0 Å². The molecule has 5 nitrogen and oxygen atoms in total. The zero-order valence-corrected chi connectivity index (χ0v) is 10.9. The fourth-order valence-electron chi connectivity index (χ4n) is 1.39. The van der Waals surface area contributed by atoms with Gasteiger partial charge in [-0.15, -0.1) is 0 Å². The molecule has 0 saturated heterocycles. The van der Waals surface area contributed by atoms with Crippen molar-refractivity contribution in [3.8, 4) is 5.75 Å². The molecule has 17 heavy (non-hydrogen) atoms. The van der Waals surface area contributed by atoms with Crippen molar-refractivity contribution >= 4 is 15.7 Å². The van der Waals surface area contributed by atoms with Crippen molar-refractivity contribution in [1.82, 2.24) is 4.31 Å². The molecule has 6 heteroatoms. The first-order chi connectivity index (χ1) is 7.93. The molecule has 0 aliphatic rings. The van der Waals surface area contributed by atoms with Gasteiger partial charge in [0, 0.05) is 18.8 Å². The minimum atomic E-state index is -3.14. The number of nitrogens with two attached hydrogens (primary N) is 1. The van der Waals surface area contributed by atoms with E-state index in [1.807, 2.05) is 0 Å². The van der Waals surface area contributed by atoms with Gasteiger partial charge in [0.15, 0.2) is 0 Å². The van der Waals surface area contributed by atoms with Gasteiger partial charge in [0.05, 0.1) is 6.26 Å². The Morgan fingerprint density at radius 2 is 1.88 bits per heavy atom. The van der Waals surface area contributed by atoms with Gasteiger partial charge in [-0.25, -0.2) is 8.42 Å². The summed E-state index contributed by atoms with van der Waals surface area (Å²) in [6, 6.07) is 6.99. The Kier molecular flexibility index (Phi) is 4.77. The average Bonchev–Trinajstić information content (AvgIpc) is 2.25. The molecule has 1 aromatic rings. The van der Waals surface area contributed by atoms with E-state index < -0.39 is 10.0 Å². The van der Waals surface area contributed by atoms with Crippen LogP contribution in [0.15, 0.2) is 24.3 Å². The molecule has 0 saturated carbocycles. The highest BCUT2D eigenvalue weighted by molar-refractivity contribution is 7.88. The van der Waals surface area contributed by atoms with Crippen molar-refractivity contribution in [3.05, 3.63) is 24.3 Å². The number of nitrogens with zero attached hydrogens (tertiary/aromatic N) is 1. The summed E-state index contributed by atoms with van der Waals surface area (Å²) < 4.78 is 29.4. The Balaban J connectivity index is 2.44. The van der Waals surface area contributed by atoms with Crippen molar-refractivity contribution in [2.45, 2.75) is 6.92 Å². The standard InChI is InChI=1S/C11H18N2O3S/c1-3-13(17(2,14)15)8-9-16-11-6-4-10(12)5-7-11/h4-7H,3,8-9,12H2,1-2H3. The molecule has 0 unspecified atom stereocenters. The van der Waals surface area contributed by atoms with E-state index in [0.717, 1.165) is 0 Å². The van der Waals surface area contributed by atoms with Gasteiger partial charge in [-0.05, 0) is 24.3 Å². The van der Waals surface area contributed by atoms with Gasteiger partial charge in [0.2, 0.25) is 10.0 Å². The Morgan fingerprint density at radius 1 is 1.29 bits per heavy atom. The maximum absolute atomic E-state index is 11.3. The summed E-state index contributed by atoms with van der Waals surface area (Å²) in [5.41, 5.74) is 6.21. The van der Waals surface area contributed by atoms with Gasteiger partial charge in [0.25, 0.3) is 0 Å². The van der Waals surface area contributed by atoms with Crippen molar-refractivity contribution in [1.29, 1.82) is 0 Å². The molecule has 0 aliphatic heterocycles. The number of nitrogen functional groups attached to an aromatic ring is 1. The van der Waals surface area contributed by atoms with Crippen LogP contribution in [-0.4, -0.2) is 38.7 Å². The molecule has 0 fully saturated rings. The normalized spacial score (nSPS) is 11.7. The van der Waals surface area contributed by atoms with E-state index in [9.17, 15) is 8.42 Å². The van der Waals surface area contributed by atoms with Crippen molar-refractivity contribution in [3.63, 3.8) is 0 Å². The fraction of sp³-hybridized carbons (Fsp3) is 0.455. The van der Waals surface area contributed by atoms with Crippen LogP contribution in [0.2, 0.25) is 0 Å². The molecule has 0 heterocycles. The first kappa shape index (κ1) is 13.8. The van der Waals surface area contributed by atoms with Crippen molar-refractivity contribution in [2.24, 2.45) is 0 Å². The summed E-state index contributed by atoms with van der Waals surface area (Å²) in [6.45, 7) is 2.92. The Labute approximate surface area is 102 Å². The van der Waals surface area contributed by atoms with E-state index in [1.165, 1.54) is 10.6 Å². The minimum Gasteiger partial charge on any atom is -0.492 e. The zero-order valence-electron chi connectivity index (χ0n) is 10.1. The molecule has 0 radical (unpaired) electrons. The lowest BCUT2D eigenvalue weighted by Crippen LogP contribution is -2.33. The van der Waals surface area contributed by atoms with Crippen LogP contribution in [0.4, 0.5) is 5.69 Å². The molecule has 0 spiro atoms. The number of sulfonamides is 1. The molecule has 0 atom stereocenters. The third kappa shape index (κ3) is 4.62. The summed E-state index contributed by atoms with van der Waals surface area (Å²) in [5, 5.41) is 0. The smallest absolute Gasteiger partial charge is 0.211 e. The number of anilines is 1. The first-order valence-corrected chi connectivity index (χ1v) is 7.21. The second-order valence-corrected chi connectivity index (χ2v) is 5.65. The van der Waals surface area contributed by atoms with Crippen LogP contribution >= 0.6 is 0 Å². The van der Waals surface area contributed by atoms with E-state index >= 15 is 0 Å². The topological polar surface area (TPSA) is 72.6 Å². The lowest BCUT2D eigenvalue weighted by Gasteiger charge is -2.17. The van der Waals surface area contributed by atoms with Gasteiger partial charge >= 0.3 is 0 Å². The van der Waals surface area contributed by atoms with Gasteiger partial charge in [0.1, 0.15) is 12.4 Å². The lowest BCUT2D eigenvalue weighted by atomic mass is 10.3. The molecule has 0 bridgehead atoms. The van der Waals surface area contributed by atoms with E-state index in [-0.39, 0.29) is 0 Å². The average molecular weight is 258 g/mol. The second-order valence-electron chi connectivity index (χ2n) is 3.67. The van der Waals surface area contributed by atoms with Crippen LogP contribution in [-0.2, 0) is 10.0 Å². The Bertz CT molecular complexity index is 442. The summed E-state index contributed by atoms with van der Waals surface area (Å²) in [5.74, 6) is 0.684. The van der Waals surface area contributed by atoms with Gasteiger partial charge < -0.3 is 10.5 Å². The Morgan fingerprint density at radius 3 is 2.35 bits per heavy atom. The van der Waals surface area contributed by atoms with Crippen molar-refractivity contribution < 1.29 is 13.2 Å². The third-order valence-electron chi connectivity index (χ3n) is 2.31. The fourth-order valence-corrected chi connectivity index (χ4v) is 2.26. The van der Waals surface area contributed by atoms with Crippen LogP contribution < -0.4 is 10.5 Å². The molecule has 0 amide bonds. The lowest BCUT2D eigenvalue weighted by molar-refractivity contribution is 0.277. The molecular weight excluding hydrogens is 240 g/mol. The molecule has 96 valence electrons. The molecule has 1 aromatic carbocycles. The molecule has 2 N–H and O–H groups in total. The molecule has 0 aromatic heterocycles. The SMILES string of the molecule is CCN(CCOc1ccc(N)cc1)S(C)(=O)=O. The first-order valence-electron chi connectivity index (χ1n) is 5.37. The van der Waals surface area contributed by atoms with E-state index in [1.54, 1.807) is 31.2 Å². The highest BCUT2D eigenvalue weighted by atomic mass is 32.2. The van der Waals surface area contributed by atoms with Crippen LogP contribution in [0, 0.1) is 0 Å². The van der Waals surface area contributed by atoms with Crippen LogP contribution in [0.3, 0.4) is 0 Å². The number of hydrogen-bond acceptors (Lipinski definition) is 4. The van der Waals surface area contributed by atoms with Crippen LogP contribution in [0.1, 0.15) is 6.92 Å². The predicted octanol–water partition coefficient (Wildman–Crippen LogP) is 0.929. The Hall–Kier alpha value is -1.27. The highest BCUT2D eigenvalue weighted by Gasteiger charge is 2.13. The summed E-state index contributed by atoms with van der Waals surface area (Å²) in [7, 11) is -3.14. The second kappa shape index (κ2) is 5.88. The van der Waals surface area contributed by atoms with Gasteiger partial charge in [-0.1, -0.05) is 6.92 Å². The van der Waals surface area contributed by atoms with Crippen molar-refractivity contribution in [2.75, 3.05) is 31.7 Å². The maximum Gasteiger partial charge on any atom is 0.211 e. The predicted molar refractivity (Wildman–Crippen MR) is 68.4 cm³/mol. The zero-order chi connectivity index (χ0) is 12.9. The number of hydrogen-bond donors (Lipinski definition) is 1. The quantitative estimate of drug-likeness (QED) is 0.770. The monoisotopic (exact) mass is 258 g/mol. The van der Waals surface area contributed by atoms with E-state index in [0.29, 0.717) is 31.1 Å². The van der Waals surface area contributed by atoms with Crippen LogP contribution in [0.5, 0.6) is 5.75 Å². The maximum atomic E-state index is 11.3. The number of rotatable bonds is 6. The number of ether oxygens (including phenoxy) is 1. The molecule has 1 rings (SSSR count). The third-order valence-corrected chi connectivity index (χ3v) is 3.69. The van der Waals surface area contributed by atoms with E-state index in [4.69, 9.17) is 10.5 Å². The highest BCUT2D eigenvalue weighted by Crippen LogP contribution is 2.13. The summed E-state index contributed by atoms with van der Waals surface area (Å²) in [6.07, 6.45) is 1.19. The molecule has 0 aliphatic carbocycles.